The Kier molecular flexibility index (Phi) is 7.16. The van der Waals surface area contributed by atoms with Gasteiger partial charge in [0.05, 0.1) is 25.9 Å². The molecule has 6 nitrogen and oxygen atoms in total. The van der Waals surface area contributed by atoms with Crippen molar-refractivity contribution in [2.75, 3.05) is 33.4 Å². The van der Waals surface area contributed by atoms with Crippen LogP contribution in [0, 0.1) is 0 Å². The zero-order valence-electron chi connectivity index (χ0n) is 15.0. The molecule has 1 aromatic rings. The first-order valence-electron chi connectivity index (χ1n) is 8.50. The molecule has 0 aromatic heterocycles. The van der Waals surface area contributed by atoms with Crippen LogP contribution in [0.1, 0.15) is 29.8 Å². The van der Waals surface area contributed by atoms with Crippen LogP contribution in [-0.4, -0.2) is 62.3 Å². The maximum Gasteiger partial charge on any atom is 0.337 e. The number of carbonyl (C=O) groups excluding carboxylic acids is 2. The highest BCUT2D eigenvalue weighted by Crippen LogP contribution is 2.09. The number of rotatable bonds is 6. The number of hydrogen-bond donors (Lipinski definition) is 1. The molecule has 0 aliphatic carbocycles. The molecule has 1 saturated heterocycles. The zero-order valence-corrected chi connectivity index (χ0v) is 15.0. The zero-order chi connectivity index (χ0) is 18.2. The molecule has 1 amide bonds. The summed E-state index contributed by atoms with van der Waals surface area (Å²) in [6.07, 6.45) is 3.23. The van der Waals surface area contributed by atoms with E-state index in [9.17, 15) is 9.59 Å². The molecule has 1 N–H and O–H groups in total. The number of nitrogens with one attached hydrogen (secondary N) is 1. The number of amides is 1. The Morgan fingerprint density at radius 2 is 1.84 bits per heavy atom. The summed E-state index contributed by atoms with van der Waals surface area (Å²) in [6, 6.07) is 7.18. The quantitative estimate of drug-likeness (QED) is 0.627. The molecule has 0 unspecified atom stereocenters. The standard InChI is InChI=1S/C19H26N2O4/c1-14(15(2)21-10-12-25-13-11-21)20-18(22)9-6-16-4-7-17(8-5-16)19(23)24-3/h4-9,14-15H,10-13H2,1-3H3,(H,20,22)/b9-6+/t14-,15-/m1/s1. The van der Waals surface area contributed by atoms with Crippen molar-refractivity contribution >= 4 is 18.0 Å². The molecule has 1 heterocycles. The van der Waals surface area contributed by atoms with E-state index in [1.807, 2.05) is 6.92 Å². The van der Waals surface area contributed by atoms with Crippen LogP contribution in [0.25, 0.3) is 6.08 Å². The second kappa shape index (κ2) is 9.34. The van der Waals surface area contributed by atoms with Gasteiger partial charge in [0.25, 0.3) is 0 Å². The van der Waals surface area contributed by atoms with Crippen LogP contribution < -0.4 is 5.32 Å². The Morgan fingerprint density at radius 3 is 2.44 bits per heavy atom. The van der Waals surface area contributed by atoms with Gasteiger partial charge in [0.2, 0.25) is 5.91 Å². The van der Waals surface area contributed by atoms with E-state index in [-0.39, 0.29) is 24.0 Å². The lowest BCUT2D eigenvalue weighted by molar-refractivity contribution is -0.117. The van der Waals surface area contributed by atoms with Gasteiger partial charge in [-0.15, -0.1) is 0 Å². The van der Waals surface area contributed by atoms with Gasteiger partial charge in [-0.05, 0) is 37.6 Å². The lowest BCUT2D eigenvalue weighted by Gasteiger charge is -2.35. The van der Waals surface area contributed by atoms with Crippen LogP contribution >= 0.6 is 0 Å². The molecular weight excluding hydrogens is 320 g/mol. The van der Waals surface area contributed by atoms with E-state index in [0.717, 1.165) is 31.9 Å². The van der Waals surface area contributed by atoms with Gasteiger partial charge in [-0.25, -0.2) is 4.79 Å². The summed E-state index contributed by atoms with van der Waals surface area (Å²) in [5.74, 6) is -0.510. The number of benzene rings is 1. The van der Waals surface area contributed by atoms with Crippen molar-refractivity contribution in [1.82, 2.24) is 10.2 Å². The Morgan fingerprint density at radius 1 is 1.20 bits per heavy atom. The van der Waals surface area contributed by atoms with Gasteiger partial charge >= 0.3 is 5.97 Å². The number of esters is 1. The fourth-order valence-corrected chi connectivity index (χ4v) is 2.71. The van der Waals surface area contributed by atoms with Gasteiger partial charge in [0.15, 0.2) is 0 Å². The Balaban J connectivity index is 1.86. The van der Waals surface area contributed by atoms with Crippen LogP contribution in [0.4, 0.5) is 0 Å². The van der Waals surface area contributed by atoms with Crippen LogP contribution in [0.3, 0.4) is 0 Å². The summed E-state index contributed by atoms with van der Waals surface area (Å²) in [4.78, 5) is 25.8. The second-order valence-electron chi connectivity index (χ2n) is 6.13. The fraction of sp³-hybridized carbons (Fsp3) is 0.474. The average Bonchev–Trinajstić information content (AvgIpc) is 2.66. The summed E-state index contributed by atoms with van der Waals surface area (Å²) >= 11 is 0. The maximum atomic E-state index is 12.1. The number of morpholine rings is 1. The van der Waals surface area contributed by atoms with Crippen molar-refractivity contribution in [1.29, 1.82) is 0 Å². The Labute approximate surface area is 148 Å². The molecule has 1 aromatic carbocycles. The molecule has 0 bridgehead atoms. The van der Waals surface area contributed by atoms with Gasteiger partial charge in [0, 0.05) is 31.2 Å². The van der Waals surface area contributed by atoms with Crippen LogP contribution in [0.15, 0.2) is 30.3 Å². The van der Waals surface area contributed by atoms with Crippen LogP contribution in [0.2, 0.25) is 0 Å². The number of methoxy groups -OCH3 is 1. The summed E-state index contributed by atoms with van der Waals surface area (Å²) in [7, 11) is 1.35. The third-order valence-electron chi connectivity index (χ3n) is 4.47. The minimum atomic E-state index is -0.376. The highest BCUT2D eigenvalue weighted by atomic mass is 16.5. The molecule has 6 heteroatoms. The molecule has 1 fully saturated rings. The predicted molar refractivity (Wildman–Crippen MR) is 96.3 cm³/mol. The van der Waals surface area contributed by atoms with Gasteiger partial charge in [-0.3, -0.25) is 9.69 Å². The van der Waals surface area contributed by atoms with E-state index >= 15 is 0 Å². The van der Waals surface area contributed by atoms with Gasteiger partial charge in [0.1, 0.15) is 0 Å². The number of ether oxygens (including phenoxy) is 2. The molecular formula is C19H26N2O4. The first-order chi connectivity index (χ1) is 12.0. The molecule has 25 heavy (non-hydrogen) atoms. The molecule has 0 spiro atoms. The Hall–Kier alpha value is -2.18. The number of hydrogen-bond acceptors (Lipinski definition) is 5. The first-order valence-corrected chi connectivity index (χ1v) is 8.50. The van der Waals surface area contributed by atoms with Crippen molar-refractivity contribution in [3.05, 3.63) is 41.5 Å². The Bertz CT molecular complexity index is 606. The van der Waals surface area contributed by atoms with Crippen molar-refractivity contribution in [3.8, 4) is 0 Å². The highest BCUT2D eigenvalue weighted by Gasteiger charge is 2.22. The lowest BCUT2D eigenvalue weighted by Crippen LogP contribution is -2.51. The fourth-order valence-electron chi connectivity index (χ4n) is 2.71. The van der Waals surface area contributed by atoms with Crippen molar-refractivity contribution < 1.29 is 19.1 Å². The molecule has 0 radical (unpaired) electrons. The number of nitrogens with zero attached hydrogens (tertiary/aromatic N) is 1. The summed E-state index contributed by atoms with van der Waals surface area (Å²) in [6.45, 7) is 7.40. The van der Waals surface area contributed by atoms with Crippen molar-refractivity contribution in [3.63, 3.8) is 0 Å². The monoisotopic (exact) mass is 346 g/mol. The second-order valence-corrected chi connectivity index (χ2v) is 6.13. The molecule has 2 atom stereocenters. The third-order valence-corrected chi connectivity index (χ3v) is 4.47. The lowest BCUT2D eigenvalue weighted by atomic mass is 10.1. The van der Waals surface area contributed by atoms with E-state index in [0.29, 0.717) is 5.56 Å². The molecule has 136 valence electrons. The van der Waals surface area contributed by atoms with E-state index in [2.05, 4.69) is 21.9 Å². The molecule has 2 rings (SSSR count). The summed E-state index contributed by atoms with van der Waals surface area (Å²) < 4.78 is 10.0. The molecule has 1 aliphatic rings. The van der Waals surface area contributed by atoms with Gasteiger partial charge in [-0.1, -0.05) is 12.1 Å². The largest absolute Gasteiger partial charge is 0.465 e. The predicted octanol–water partition coefficient (Wildman–Crippen LogP) is 1.71. The topological polar surface area (TPSA) is 67.9 Å². The van der Waals surface area contributed by atoms with E-state index in [1.165, 1.54) is 13.2 Å². The van der Waals surface area contributed by atoms with E-state index in [1.54, 1.807) is 30.3 Å². The minimum absolute atomic E-state index is 0.0388. The molecule has 0 saturated carbocycles. The van der Waals surface area contributed by atoms with Crippen molar-refractivity contribution in [2.24, 2.45) is 0 Å². The van der Waals surface area contributed by atoms with E-state index in [4.69, 9.17) is 4.74 Å². The van der Waals surface area contributed by atoms with E-state index < -0.39 is 0 Å². The number of carbonyl (C=O) groups is 2. The first kappa shape index (κ1) is 19.1. The maximum absolute atomic E-state index is 12.1. The smallest absolute Gasteiger partial charge is 0.337 e. The van der Waals surface area contributed by atoms with Crippen LogP contribution in [0.5, 0.6) is 0 Å². The SMILES string of the molecule is COC(=O)c1ccc(/C=C/C(=O)N[C@H](C)[C@@H](C)N2CCOCC2)cc1. The highest BCUT2D eigenvalue weighted by molar-refractivity contribution is 5.92. The van der Waals surface area contributed by atoms with Gasteiger partial charge in [-0.2, -0.15) is 0 Å². The third kappa shape index (κ3) is 5.69. The molecule has 1 aliphatic heterocycles. The normalized spacial score (nSPS) is 17.9. The van der Waals surface area contributed by atoms with Gasteiger partial charge < -0.3 is 14.8 Å². The van der Waals surface area contributed by atoms with Crippen molar-refractivity contribution in [2.45, 2.75) is 25.9 Å². The minimum Gasteiger partial charge on any atom is -0.465 e. The van der Waals surface area contributed by atoms with Crippen LogP contribution in [-0.2, 0) is 14.3 Å². The average molecular weight is 346 g/mol. The summed E-state index contributed by atoms with van der Waals surface area (Å²) in [5.41, 5.74) is 1.33. The summed E-state index contributed by atoms with van der Waals surface area (Å²) in [5, 5.41) is 3.00.